The molecular formula is C11H10BrFOS. The van der Waals surface area contributed by atoms with E-state index in [1.165, 1.54) is 6.07 Å². The van der Waals surface area contributed by atoms with Crippen molar-refractivity contribution < 1.29 is 9.18 Å². The Balaban J connectivity index is 2.21. The highest BCUT2D eigenvalue weighted by atomic mass is 79.9. The minimum Gasteiger partial charge on any atom is -0.294 e. The summed E-state index contributed by atoms with van der Waals surface area (Å²) in [7, 11) is 0. The van der Waals surface area contributed by atoms with Gasteiger partial charge in [-0.2, -0.15) is 11.8 Å². The molecule has 1 aromatic carbocycles. The Labute approximate surface area is 101 Å². The van der Waals surface area contributed by atoms with Crippen LogP contribution < -0.4 is 0 Å². The zero-order chi connectivity index (χ0) is 10.8. The SMILES string of the molecule is O=C(c1ccc(Br)c(F)c1)C1CCSC1. The molecule has 1 heterocycles. The molecule has 15 heavy (non-hydrogen) atoms. The van der Waals surface area contributed by atoms with E-state index in [9.17, 15) is 9.18 Å². The first-order valence-corrected chi connectivity index (χ1v) is 6.70. The Hall–Kier alpha value is -0.350. The molecule has 0 N–H and O–H groups in total. The minimum atomic E-state index is -0.369. The lowest BCUT2D eigenvalue weighted by Crippen LogP contribution is -2.14. The van der Waals surface area contributed by atoms with Crippen molar-refractivity contribution in [3.8, 4) is 0 Å². The molecule has 1 atom stereocenters. The molecular weight excluding hydrogens is 279 g/mol. The van der Waals surface area contributed by atoms with Gasteiger partial charge in [0, 0.05) is 17.2 Å². The van der Waals surface area contributed by atoms with Gasteiger partial charge in [0.05, 0.1) is 4.47 Å². The third-order valence-corrected chi connectivity index (χ3v) is 4.31. The van der Waals surface area contributed by atoms with Crippen LogP contribution in [-0.4, -0.2) is 17.3 Å². The molecule has 0 bridgehead atoms. The summed E-state index contributed by atoms with van der Waals surface area (Å²) in [6.45, 7) is 0. The number of thioether (sulfide) groups is 1. The number of carbonyl (C=O) groups excluding carboxylic acids is 1. The second-order valence-corrected chi connectivity index (χ2v) is 5.56. The van der Waals surface area contributed by atoms with Crippen molar-refractivity contribution in [2.24, 2.45) is 5.92 Å². The van der Waals surface area contributed by atoms with E-state index in [0.29, 0.717) is 10.0 Å². The zero-order valence-electron chi connectivity index (χ0n) is 8.00. The second-order valence-electron chi connectivity index (χ2n) is 3.55. The van der Waals surface area contributed by atoms with Crippen LogP contribution >= 0.6 is 27.7 Å². The van der Waals surface area contributed by atoms with E-state index in [1.54, 1.807) is 23.9 Å². The monoisotopic (exact) mass is 288 g/mol. The molecule has 80 valence electrons. The van der Waals surface area contributed by atoms with Gasteiger partial charge in [-0.3, -0.25) is 4.79 Å². The fourth-order valence-corrected chi connectivity index (χ4v) is 3.09. The Bertz CT molecular complexity index is 388. The number of ketones is 1. The van der Waals surface area contributed by atoms with Crippen molar-refractivity contribution in [3.05, 3.63) is 34.1 Å². The van der Waals surface area contributed by atoms with E-state index >= 15 is 0 Å². The van der Waals surface area contributed by atoms with Crippen molar-refractivity contribution in [2.45, 2.75) is 6.42 Å². The molecule has 1 unspecified atom stereocenters. The van der Waals surface area contributed by atoms with E-state index in [4.69, 9.17) is 0 Å². The normalized spacial score (nSPS) is 20.5. The van der Waals surface area contributed by atoms with Gasteiger partial charge in [-0.15, -0.1) is 0 Å². The maximum absolute atomic E-state index is 13.2. The van der Waals surface area contributed by atoms with Crippen molar-refractivity contribution in [1.29, 1.82) is 0 Å². The molecule has 1 nitrogen and oxygen atoms in total. The minimum absolute atomic E-state index is 0.0754. The topological polar surface area (TPSA) is 17.1 Å². The maximum Gasteiger partial charge on any atom is 0.166 e. The highest BCUT2D eigenvalue weighted by molar-refractivity contribution is 9.10. The molecule has 1 saturated heterocycles. The molecule has 0 aromatic heterocycles. The van der Waals surface area contributed by atoms with E-state index in [-0.39, 0.29) is 17.5 Å². The highest BCUT2D eigenvalue weighted by Gasteiger charge is 2.24. The van der Waals surface area contributed by atoms with Crippen molar-refractivity contribution in [3.63, 3.8) is 0 Å². The third-order valence-electron chi connectivity index (χ3n) is 2.50. The quantitative estimate of drug-likeness (QED) is 0.775. The predicted octanol–water partition coefficient (Wildman–Crippen LogP) is 3.52. The fourth-order valence-electron chi connectivity index (χ4n) is 1.63. The maximum atomic E-state index is 13.2. The number of halogens is 2. The summed E-state index contributed by atoms with van der Waals surface area (Å²) in [6.07, 6.45) is 0.918. The van der Waals surface area contributed by atoms with Crippen LogP contribution in [-0.2, 0) is 0 Å². The van der Waals surface area contributed by atoms with Crippen LogP contribution in [0.5, 0.6) is 0 Å². The molecule has 0 aliphatic carbocycles. The van der Waals surface area contributed by atoms with Gasteiger partial charge in [-0.05, 0) is 40.2 Å². The van der Waals surface area contributed by atoms with E-state index in [1.807, 2.05) is 0 Å². The van der Waals surface area contributed by atoms with Gasteiger partial charge >= 0.3 is 0 Å². The summed E-state index contributed by atoms with van der Waals surface area (Å²) < 4.78 is 13.6. The van der Waals surface area contributed by atoms with E-state index in [0.717, 1.165) is 17.9 Å². The average Bonchev–Trinajstić information content (AvgIpc) is 2.74. The standard InChI is InChI=1S/C11H10BrFOS/c12-9-2-1-7(5-10(9)13)11(14)8-3-4-15-6-8/h1-2,5,8H,3-4,6H2. The van der Waals surface area contributed by atoms with E-state index in [2.05, 4.69) is 15.9 Å². The van der Waals surface area contributed by atoms with Gasteiger partial charge in [0.25, 0.3) is 0 Å². The molecule has 0 radical (unpaired) electrons. The lowest BCUT2D eigenvalue weighted by Gasteiger charge is -2.07. The summed E-state index contributed by atoms with van der Waals surface area (Å²) in [5.41, 5.74) is 0.489. The van der Waals surface area contributed by atoms with Gasteiger partial charge in [0.1, 0.15) is 5.82 Å². The van der Waals surface area contributed by atoms with Crippen LogP contribution in [0.3, 0.4) is 0 Å². The highest BCUT2D eigenvalue weighted by Crippen LogP contribution is 2.27. The molecule has 1 fully saturated rings. The summed E-state index contributed by atoms with van der Waals surface area (Å²) in [6, 6.07) is 4.58. The second kappa shape index (κ2) is 4.66. The summed E-state index contributed by atoms with van der Waals surface area (Å²) in [4.78, 5) is 11.9. The smallest absolute Gasteiger partial charge is 0.166 e. The van der Waals surface area contributed by atoms with Crippen molar-refractivity contribution >= 4 is 33.5 Å². The first-order chi connectivity index (χ1) is 7.18. The van der Waals surface area contributed by atoms with Crippen LogP contribution in [0.15, 0.2) is 22.7 Å². The number of benzene rings is 1. The summed E-state index contributed by atoms with van der Waals surface area (Å²) in [5, 5.41) is 0. The van der Waals surface area contributed by atoms with Crippen molar-refractivity contribution in [1.82, 2.24) is 0 Å². The molecule has 1 aliphatic heterocycles. The predicted molar refractivity (Wildman–Crippen MR) is 63.9 cm³/mol. The van der Waals surface area contributed by atoms with Crippen LogP contribution in [0.4, 0.5) is 4.39 Å². The number of rotatable bonds is 2. The van der Waals surface area contributed by atoms with Gasteiger partial charge in [-0.1, -0.05) is 6.07 Å². The zero-order valence-corrected chi connectivity index (χ0v) is 10.4. The largest absolute Gasteiger partial charge is 0.294 e. The van der Waals surface area contributed by atoms with Crippen LogP contribution in [0.2, 0.25) is 0 Å². The molecule has 1 aromatic rings. The molecule has 1 aliphatic rings. The molecule has 4 heteroatoms. The van der Waals surface area contributed by atoms with Crippen LogP contribution in [0.1, 0.15) is 16.8 Å². The first kappa shape index (κ1) is 11.1. The van der Waals surface area contributed by atoms with Crippen LogP contribution in [0.25, 0.3) is 0 Å². The number of hydrogen-bond acceptors (Lipinski definition) is 2. The molecule has 2 rings (SSSR count). The Morgan fingerprint density at radius 2 is 2.33 bits per heavy atom. The number of Topliss-reactive ketones (excluding diaryl/α,β-unsaturated/α-hetero) is 1. The summed E-state index contributed by atoms with van der Waals surface area (Å²) >= 11 is 4.86. The Kier molecular flexibility index (Phi) is 3.46. The Morgan fingerprint density at radius 1 is 1.53 bits per heavy atom. The molecule has 0 saturated carbocycles. The van der Waals surface area contributed by atoms with Gasteiger partial charge in [0.15, 0.2) is 5.78 Å². The number of hydrogen-bond donors (Lipinski definition) is 0. The third kappa shape index (κ3) is 2.42. The average molecular weight is 289 g/mol. The molecule has 0 amide bonds. The number of carbonyl (C=O) groups is 1. The van der Waals surface area contributed by atoms with Gasteiger partial charge in [0.2, 0.25) is 0 Å². The lowest BCUT2D eigenvalue weighted by molar-refractivity contribution is 0.0933. The van der Waals surface area contributed by atoms with Crippen molar-refractivity contribution in [2.75, 3.05) is 11.5 Å². The van der Waals surface area contributed by atoms with E-state index < -0.39 is 0 Å². The fraction of sp³-hybridized carbons (Fsp3) is 0.364. The lowest BCUT2D eigenvalue weighted by atomic mass is 9.97. The molecule has 0 spiro atoms. The van der Waals surface area contributed by atoms with Gasteiger partial charge < -0.3 is 0 Å². The van der Waals surface area contributed by atoms with Gasteiger partial charge in [-0.25, -0.2) is 4.39 Å². The Morgan fingerprint density at radius 3 is 2.93 bits per heavy atom. The first-order valence-electron chi connectivity index (χ1n) is 4.75. The van der Waals surface area contributed by atoms with Crippen LogP contribution in [0, 0.1) is 11.7 Å². The summed E-state index contributed by atoms with van der Waals surface area (Å²) in [5.74, 6) is 1.69.